The van der Waals surface area contributed by atoms with Crippen molar-refractivity contribution in [2.75, 3.05) is 19.7 Å². The Bertz CT molecular complexity index is 1420. The summed E-state index contributed by atoms with van der Waals surface area (Å²) in [6.45, 7) is 9.27. The zero-order valence-corrected chi connectivity index (χ0v) is 24.9. The molecule has 4 rings (SSSR count). The van der Waals surface area contributed by atoms with E-state index in [2.05, 4.69) is 10.3 Å². The summed E-state index contributed by atoms with van der Waals surface area (Å²) in [5.41, 5.74) is 2.77. The van der Waals surface area contributed by atoms with Crippen LogP contribution in [0.4, 0.5) is 4.79 Å². The van der Waals surface area contributed by atoms with Crippen LogP contribution < -0.4 is 14.8 Å². The molecule has 3 aromatic rings. The van der Waals surface area contributed by atoms with Crippen molar-refractivity contribution in [2.45, 2.75) is 58.6 Å². The van der Waals surface area contributed by atoms with Crippen LogP contribution in [0.2, 0.25) is 0 Å². The van der Waals surface area contributed by atoms with Crippen LogP contribution >= 0.6 is 0 Å². The number of hydrogen-bond donors (Lipinski definition) is 1. The Balaban J connectivity index is 1.25. The first kappa shape index (κ1) is 30.3. The molecule has 0 bridgehead atoms. The van der Waals surface area contributed by atoms with E-state index in [1.807, 2.05) is 55.5 Å². The molecular formula is C31H39N3O6S. The van der Waals surface area contributed by atoms with Crippen molar-refractivity contribution in [2.24, 2.45) is 5.92 Å². The fraction of sp³-hybridized carbons (Fsp3) is 0.419. The predicted molar refractivity (Wildman–Crippen MR) is 157 cm³/mol. The highest BCUT2D eigenvalue weighted by Crippen LogP contribution is 2.26. The van der Waals surface area contributed by atoms with Crippen LogP contribution in [0.25, 0.3) is 0 Å². The minimum atomic E-state index is -3.47. The molecule has 1 saturated heterocycles. The van der Waals surface area contributed by atoms with Gasteiger partial charge in [-0.15, -0.1) is 0 Å². The smallest absolute Gasteiger partial charge is 0.407 e. The van der Waals surface area contributed by atoms with E-state index in [4.69, 9.17) is 14.2 Å². The van der Waals surface area contributed by atoms with Crippen LogP contribution in [0.5, 0.6) is 11.5 Å². The van der Waals surface area contributed by atoms with Gasteiger partial charge >= 0.3 is 6.09 Å². The number of carbonyl (C=O) groups is 1. The van der Waals surface area contributed by atoms with Gasteiger partial charge in [0, 0.05) is 31.3 Å². The number of nitrogens with zero attached hydrogens (tertiary/aromatic N) is 2. The maximum atomic E-state index is 13.2. The summed E-state index contributed by atoms with van der Waals surface area (Å²) in [6.07, 6.45) is 1.83. The molecule has 0 saturated carbocycles. The van der Waals surface area contributed by atoms with Crippen molar-refractivity contribution in [3.63, 3.8) is 0 Å². The van der Waals surface area contributed by atoms with Gasteiger partial charge in [0.2, 0.25) is 10.0 Å². The molecule has 1 aliphatic rings. The number of carbonyl (C=O) groups excluding carboxylic acids is 1. The van der Waals surface area contributed by atoms with Gasteiger partial charge in [-0.25, -0.2) is 17.5 Å². The van der Waals surface area contributed by atoms with Crippen LogP contribution in [0.3, 0.4) is 0 Å². The number of nitrogens with one attached hydrogen (secondary N) is 1. The van der Waals surface area contributed by atoms with E-state index in [9.17, 15) is 13.2 Å². The molecule has 220 valence electrons. The molecule has 9 nitrogen and oxygen atoms in total. The number of benzene rings is 2. The quantitative estimate of drug-likeness (QED) is 0.331. The SMILES string of the molecule is Cc1cc(CS(=O)(=O)N2CC[C@H](COc3ccnc(CNC(=O)OC(C)(C)C)c3)C2)ccc1OCc1ccccc1. The lowest BCUT2D eigenvalue weighted by atomic mass is 10.1. The molecule has 2 heterocycles. The number of sulfonamides is 1. The van der Waals surface area contributed by atoms with Gasteiger partial charge < -0.3 is 19.5 Å². The molecule has 10 heteroatoms. The zero-order chi connectivity index (χ0) is 29.5. The normalized spacial score (nSPS) is 15.9. The maximum Gasteiger partial charge on any atom is 0.407 e. The summed E-state index contributed by atoms with van der Waals surface area (Å²) in [7, 11) is -3.47. The van der Waals surface area contributed by atoms with Crippen LogP contribution in [0, 0.1) is 12.8 Å². The third-order valence-electron chi connectivity index (χ3n) is 6.55. The third kappa shape index (κ3) is 9.47. The monoisotopic (exact) mass is 581 g/mol. The topological polar surface area (TPSA) is 107 Å². The van der Waals surface area contributed by atoms with E-state index < -0.39 is 21.7 Å². The van der Waals surface area contributed by atoms with Gasteiger partial charge in [-0.1, -0.05) is 42.5 Å². The fourth-order valence-electron chi connectivity index (χ4n) is 4.52. The molecule has 0 aliphatic carbocycles. The second-order valence-corrected chi connectivity index (χ2v) is 13.3. The van der Waals surface area contributed by atoms with Gasteiger partial charge in [0.25, 0.3) is 0 Å². The standard InChI is InChI=1S/C31H39N3O6S/c1-23-16-25(10-11-29(23)39-20-24-8-6-5-7-9-24)22-41(36,37)34-15-13-26(19-34)21-38-28-12-14-32-27(17-28)18-33-30(35)40-31(2,3)4/h5-12,14,16-17,26H,13,15,18-22H2,1-4H3,(H,33,35)/t26-/m0/s1. The van der Waals surface area contributed by atoms with Gasteiger partial charge in [-0.05, 0) is 62.9 Å². The van der Waals surface area contributed by atoms with Crippen molar-refractivity contribution in [1.29, 1.82) is 0 Å². The largest absolute Gasteiger partial charge is 0.493 e. The number of aromatic nitrogens is 1. The number of rotatable bonds is 11. The Morgan fingerprint density at radius 2 is 1.83 bits per heavy atom. The average molecular weight is 582 g/mol. The van der Waals surface area contributed by atoms with Gasteiger partial charge in [0.1, 0.15) is 23.7 Å². The first-order valence-corrected chi connectivity index (χ1v) is 15.4. The number of pyridine rings is 1. The molecule has 2 aromatic carbocycles. The van der Waals surface area contributed by atoms with Crippen molar-refractivity contribution >= 4 is 16.1 Å². The molecule has 1 atom stereocenters. The number of ether oxygens (including phenoxy) is 3. The zero-order valence-electron chi connectivity index (χ0n) is 24.1. The minimum absolute atomic E-state index is 0.0568. The Hall–Kier alpha value is -3.63. The number of amides is 1. The Kier molecular flexibility index (Phi) is 9.88. The molecule has 1 amide bonds. The van der Waals surface area contributed by atoms with Crippen molar-refractivity contribution in [1.82, 2.24) is 14.6 Å². The van der Waals surface area contributed by atoms with E-state index in [1.165, 1.54) is 0 Å². The van der Waals surface area contributed by atoms with E-state index in [0.29, 0.717) is 37.7 Å². The van der Waals surface area contributed by atoms with Gasteiger partial charge in [0.15, 0.2) is 0 Å². The average Bonchev–Trinajstić information content (AvgIpc) is 3.40. The van der Waals surface area contributed by atoms with Crippen LogP contribution in [-0.4, -0.2) is 49.1 Å². The third-order valence-corrected chi connectivity index (χ3v) is 8.37. The summed E-state index contributed by atoms with van der Waals surface area (Å²) in [5, 5.41) is 2.68. The summed E-state index contributed by atoms with van der Waals surface area (Å²) >= 11 is 0. The first-order chi connectivity index (χ1) is 19.5. The molecule has 1 aromatic heterocycles. The molecule has 1 N–H and O–H groups in total. The van der Waals surface area contributed by atoms with Crippen LogP contribution in [0.1, 0.15) is 49.6 Å². The number of alkyl carbamates (subject to hydrolysis) is 1. The summed E-state index contributed by atoms with van der Waals surface area (Å²) < 4.78 is 45.1. The Morgan fingerprint density at radius 1 is 1.05 bits per heavy atom. The lowest BCUT2D eigenvalue weighted by Gasteiger charge is -2.19. The van der Waals surface area contributed by atoms with Gasteiger partial charge in [0.05, 0.1) is 24.6 Å². The van der Waals surface area contributed by atoms with Crippen molar-refractivity contribution < 1.29 is 27.4 Å². The molecule has 41 heavy (non-hydrogen) atoms. The highest BCUT2D eigenvalue weighted by molar-refractivity contribution is 7.88. The molecule has 0 radical (unpaired) electrons. The molecule has 0 unspecified atom stereocenters. The maximum absolute atomic E-state index is 13.2. The molecule has 1 fully saturated rings. The van der Waals surface area contributed by atoms with Crippen LogP contribution in [0.15, 0.2) is 66.9 Å². The number of aryl methyl sites for hydroxylation is 1. The molecular weight excluding hydrogens is 542 g/mol. The minimum Gasteiger partial charge on any atom is -0.493 e. The lowest BCUT2D eigenvalue weighted by Crippen LogP contribution is -2.32. The first-order valence-electron chi connectivity index (χ1n) is 13.8. The van der Waals surface area contributed by atoms with E-state index >= 15 is 0 Å². The molecule has 0 spiro atoms. The number of hydrogen-bond acceptors (Lipinski definition) is 7. The van der Waals surface area contributed by atoms with Crippen molar-refractivity contribution in [3.8, 4) is 11.5 Å². The van der Waals surface area contributed by atoms with E-state index in [-0.39, 0.29) is 18.2 Å². The van der Waals surface area contributed by atoms with E-state index in [1.54, 1.807) is 43.4 Å². The van der Waals surface area contributed by atoms with E-state index in [0.717, 1.165) is 28.9 Å². The summed E-state index contributed by atoms with van der Waals surface area (Å²) in [6, 6.07) is 19.0. The lowest BCUT2D eigenvalue weighted by molar-refractivity contribution is 0.0522. The Labute approximate surface area is 242 Å². The predicted octanol–water partition coefficient (Wildman–Crippen LogP) is 5.22. The fourth-order valence-corrected chi connectivity index (χ4v) is 6.12. The van der Waals surface area contributed by atoms with Gasteiger partial charge in [-0.2, -0.15) is 0 Å². The summed E-state index contributed by atoms with van der Waals surface area (Å²) in [5.74, 6) is 1.39. The second kappa shape index (κ2) is 13.4. The van der Waals surface area contributed by atoms with Crippen molar-refractivity contribution in [3.05, 3.63) is 89.2 Å². The van der Waals surface area contributed by atoms with Gasteiger partial charge in [-0.3, -0.25) is 4.98 Å². The highest BCUT2D eigenvalue weighted by Gasteiger charge is 2.32. The second-order valence-electron chi connectivity index (χ2n) is 11.3. The summed E-state index contributed by atoms with van der Waals surface area (Å²) in [4.78, 5) is 16.2. The highest BCUT2D eigenvalue weighted by atomic mass is 32.2. The Morgan fingerprint density at radius 3 is 2.56 bits per heavy atom. The molecule has 1 aliphatic heterocycles. The van der Waals surface area contributed by atoms with Crippen LogP contribution in [-0.2, 0) is 33.7 Å².